The van der Waals surface area contributed by atoms with Crippen molar-refractivity contribution in [1.29, 1.82) is 0 Å². The molecule has 0 radical (unpaired) electrons. The van der Waals surface area contributed by atoms with Crippen LogP contribution in [-0.4, -0.2) is 37.1 Å². The molecule has 0 aliphatic carbocycles. The van der Waals surface area contributed by atoms with Crippen molar-refractivity contribution in [3.8, 4) is 0 Å². The summed E-state index contributed by atoms with van der Waals surface area (Å²) in [6.45, 7) is 1.31. The van der Waals surface area contributed by atoms with E-state index in [1.165, 1.54) is 17.0 Å². The smallest absolute Gasteiger partial charge is 0.378 e. The number of amides is 1. The first-order chi connectivity index (χ1) is 8.89. The van der Waals surface area contributed by atoms with Gasteiger partial charge in [-0.05, 0) is 18.2 Å². The molecular weight excluding hydrogens is 327 g/mol. The summed E-state index contributed by atoms with van der Waals surface area (Å²) in [6, 6.07) is 3.40. The van der Waals surface area contributed by atoms with Gasteiger partial charge in [0.15, 0.2) is 0 Å². The van der Waals surface area contributed by atoms with Gasteiger partial charge in [0.05, 0.1) is 24.3 Å². The van der Waals surface area contributed by atoms with E-state index >= 15 is 0 Å². The van der Waals surface area contributed by atoms with Crippen LogP contribution in [0.3, 0.4) is 0 Å². The Morgan fingerprint density at radius 1 is 1.26 bits per heavy atom. The highest BCUT2D eigenvalue weighted by molar-refractivity contribution is 9.10. The van der Waals surface area contributed by atoms with Crippen LogP contribution >= 0.6 is 15.9 Å². The van der Waals surface area contributed by atoms with Crippen molar-refractivity contribution in [3.05, 3.63) is 33.8 Å². The largest absolute Gasteiger partial charge is 0.417 e. The Labute approximate surface area is 116 Å². The Hall–Kier alpha value is -1.08. The molecule has 1 aliphatic heterocycles. The molecule has 2 rings (SSSR count). The lowest BCUT2D eigenvalue weighted by atomic mass is 10.1. The molecule has 1 aliphatic rings. The fourth-order valence-electron chi connectivity index (χ4n) is 1.88. The van der Waals surface area contributed by atoms with Gasteiger partial charge in [-0.3, -0.25) is 4.79 Å². The molecule has 1 aromatic carbocycles. The minimum absolute atomic E-state index is 0.308. The molecule has 1 fully saturated rings. The van der Waals surface area contributed by atoms with Crippen LogP contribution in [0.4, 0.5) is 13.2 Å². The van der Waals surface area contributed by atoms with Crippen LogP contribution in [-0.2, 0) is 10.9 Å². The third kappa shape index (κ3) is 3.27. The SMILES string of the molecule is O=C(c1cc(Br)ccc1C(F)(F)F)N1CCOCC1. The lowest BCUT2D eigenvalue weighted by molar-refractivity contribution is -0.138. The van der Waals surface area contributed by atoms with Gasteiger partial charge in [0.2, 0.25) is 0 Å². The summed E-state index contributed by atoms with van der Waals surface area (Å²) in [4.78, 5) is 13.5. The summed E-state index contributed by atoms with van der Waals surface area (Å²) < 4.78 is 44.2. The minimum atomic E-state index is -4.54. The maximum atomic E-state index is 12.9. The van der Waals surface area contributed by atoms with Crippen molar-refractivity contribution >= 4 is 21.8 Å². The quantitative estimate of drug-likeness (QED) is 0.788. The van der Waals surface area contributed by atoms with Crippen molar-refractivity contribution in [1.82, 2.24) is 4.90 Å². The standard InChI is InChI=1S/C12H11BrF3NO2/c13-8-1-2-10(12(14,15)16)9(7-8)11(18)17-3-5-19-6-4-17/h1-2,7H,3-6H2. The molecule has 0 aromatic heterocycles. The molecule has 1 aromatic rings. The zero-order valence-corrected chi connectivity index (χ0v) is 11.4. The molecule has 0 spiro atoms. The lowest BCUT2D eigenvalue weighted by Gasteiger charge is -2.28. The van der Waals surface area contributed by atoms with Crippen molar-refractivity contribution in [2.45, 2.75) is 6.18 Å². The number of benzene rings is 1. The lowest BCUT2D eigenvalue weighted by Crippen LogP contribution is -2.41. The molecule has 0 atom stereocenters. The van der Waals surface area contributed by atoms with Crippen LogP contribution in [0, 0.1) is 0 Å². The molecule has 1 heterocycles. The van der Waals surface area contributed by atoms with E-state index in [1.807, 2.05) is 0 Å². The molecule has 19 heavy (non-hydrogen) atoms. The highest BCUT2D eigenvalue weighted by Gasteiger charge is 2.36. The molecule has 1 amide bonds. The van der Waals surface area contributed by atoms with E-state index in [0.29, 0.717) is 30.8 Å². The van der Waals surface area contributed by atoms with Crippen LogP contribution < -0.4 is 0 Å². The van der Waals surface area contributed by atoms with Gasteiger partial charge in [-0.15, -0.1) is 0 Å². The van der Waals surface area contributed by atoms with Gasteiger partial charge in [-0.1, -0.05) is 15.9 Å². The molecular formula is C12H11BrF3NO2. The summed E-state index contributed by atoms with van der Waals surface area (Å²) in [7, 11) is 0. The van der Waals surface area contributed by atoms with Crippen LogP contribution in [0.15, 0.2) is 22.7 Å². The minimum Gasteiger partial charge on any atom is -0.378 e. The molecule has 0 unspecified atom stereocenters. The number of alkyl halides is 3. The summed E-state index contributed by atoms with van der Waals surface area (Å²) in [5.41, 5.74) is -1.24. The van der Waals surface area contributed by atoms with E-state index < -0.39 is 17.6 Å². The maximum Gasteiger partial charge on any atom is 0.417 e. The fourth-order valence-corrected chi connectivity index (χ4v) is 2.24. The third-order valence-corrected chi connectivity index (χ3v) is 3.31. The van der Waals surface area contributed by atoms with Gasteiger partial charge in [0.1, 0.15) is 0 Å². The zero-order valence-electron chi connectivity index (χ0n) is 9.84. The van der Waals surface area contributed by atoms with Gasteiger partial charge in [0, 0.05) is 17.6 Å². The number of carbonyl (C=O) groups excluding carboxylic acids is 1. The Morgan fingerprint density at radius 3 is 2.47 bits per heavy atom. The second-order valence-corrected chi connectivity index (χ2v) is 5.01. The van der Waals surface area contributed by atoms with Crippen LogP contribution in [0.25, 0.3) is 0 Å². The number of ether oxygens (including phenoxy) is 1. The number of carbonyl (C=O) groups is 1. The van der Waals surface area contributed by atoms with Crippen molar-refractivity contribution in [3.63, 3.8) is 0 Å². The molecule has 104 valence electrons. The Balaban J connectivity index is 2.36. The first kappa shape index (κ1) is 14.3. The van der Waals surface area contributed by atoms with Gasteiger partial charge >= 0.3 is 6.18 Å². The van der Waals surface area contributed by atoms with E-state index in [0.717, 1.165) is 6.07 Å². The number of nitrogens with zero attached hydrogens (tertiary/aromatic N) is 1. The number of rotatable bonds is 1. The molecule has 7 heteroatoms. The first-order valence-corrected chi connectivity index (χ1v) is 6.42. The molecule has 0 N–H and O–H groups in total. The topological polar surface area (TPSA) is 29.5 Å². The third-order valence-electron chi connectivity index (χ3n) is 2.82. The first-order valence-electron chi connectivity index (χ1n) is 5.63. The summed E-state index contributed by atoms with van der Waals surface area (Å²) in [6.07, 6.45) is -4.54. The monoisotopic (exact) mass is 337 g/mol. The summed E-state index contributed by atoms with van der Waals surface area (Å²) in [5.74, 6) is -0.614. The Kier molecular flexibility index (Phi) is 4.15. The van der Waals surface area contributed by atoms with E-state index in [-0.39, 0.29) is 5.56 Å². The van der Waals surface area contributed by atoms with E-state index in [4.69, 9.17) is 4.74 Å². The zero-order chi connectivity index (χ0) is 14.0. The van der Waals surface area contributed by atoms with Gasteiger partial charge < -0.3 is 9.64 Å². The molecule has 0 bridgehead atoms. The number of halogens is 4. The average Bonchev–Trinajstić information content (AvgIpc) is 2.37. The number of morpholine rings is 1. The van der Waals surface area contributed by atoms with Gasteiger partial charge in [0.25, 0.3) is 5.91 Å². The van der Waals surface area contributed by atoms with E-state index in [9.17, 15) is 18.0 Å². The Morgan fingerprint density at radius 2 is 1.89 bits per heavy atom. The highest BCUT2D eigenvalue weighted by Crippen LogP contribution is 2.34. The molecule has 1 saturated heterocycles. The normalized spacial score (nSPS) is 16.5. The number of hydrogen-bond donors (Lipinski definition) is 0. The van der Waals surface area contributed by atoms with Crippen LogP contribution in [0.2, 0.25) is 0 Å². The second kappa shape index (κ2) is 5.50. The van der Waals surface area contributed by atoms with Crippen molar-refractivity contribution in [2.24, 2.45) is 0 Å². The number of hydrogen-bond acceptors (Lipinski definition) is 2. The van der Waals surface area contributed by atoms with Gasteiger partial charge in [-0.25, -0.2) is 0 Å². The predicted octanol–water partition coefficient (Wildman–Crippen LogP) is 2.94. The van der Waals surface area contributed by atoms with Crippen molar-refractivity contribution < 1.29 is 22.7 Å². The molecule has 0 saturated carbocycles. The van der Waals surface area contributed by atoms with E-state index in [2.05, 4.69) is 15.9 Å². The Bertz CT molecular complexity index is 484. The maximum absolute atomic E-state index is 12.9. The molecule has 3 nitrogen and oxygen atoms in total. The predicted molar refractivity (Wildman–Crippen MR) is 65.9 cm³/mol. The summed E-state index contributed by atoms with van der Waals surface area (Å²) >= 11 is 3.09. The van der Waals surface area contributed by atoms with Gasteiger partial charge in [-0.2, -0.15) is 13.2 Å². The van der Waals surface area contributed by atoms with Crippen LogP contribution in [0.5, 0.6) is 0 Å². The van der Waals surface area contributed by atoms with E-state index in [1.54, 1.807) is 0 Å². The highest BCUT2D eigenvalue weighted by atomic mass is 79.9. The van der Waals surface area contributed by atoms with Crippen LogP contribution in [0.1, 0.15) is 15.9 Å². The average molecular weight is 338 g/mol. The summed E-state index contributed by atoms with van der Waals surface area (Å²) in [5, 5.41) is 0. The second-order valence-electron chi connectivity index (χ2n) is 4.09. The van der Waals surface area contributed by atoms with Crippen molar-refractivity contribution in [2.75, 3.05) is 26.3 Å². The fraction of sp³-hybridized carbons (Fsp3) is 0.417.